The maximum Gasteiger partial charge on any atom is 0.227 e. The number of aromatic nitrogens is 4. The summed E-state index contributed by atoms with van der Waals surface area (Å²) in [6.07, 6.45) is 5.41. The molecule has 0 radical (unpaired) electrons. The zero-order chi connectivity index (χ0) is 19.8. The van der Waals surface area contributed by atoms with Crippen LogP contribution in [0.3, 0.4) is 0 Å². The van der Waals surface area contributed by atoms with Crippen LogP contribution in [-0.2, 0) is 24.2 Å². The lowest BCUT2D eigenvalue weighted by Gasteiger charge is -2.41. The molecule has 0 aromatic carbocycles. The van der Waals surface area contributed by atoms with Crippen molar-refractivity contribution in [1.82, 2.24) is 30.2 Å². The minimum Gasteiger partial charge on any atom is -0.354 e. The maximum atomic E-state index is 12.6. The van der Waals surface area contributed by atoms with Gasteiger partial charge >= 0.3 is 0 Å². The fraction of sp³-hybridized carbons (Fsp3) is 0.429. The van der Waals surface area contributed by atoms with E-state index in [1.54, 1.807) is 12.4 Å². The van der Waals surface area contributed by atoms with Crippen molar-refractivity contribution in [3.05, 3.63) is 53.1 Å². The predicted octanol–water partition coefficient (Wildman–Crippen LogP) is 0.874. The first-order chi connectivity index (χ1) is 14.2. The van der Waals surface area contributed by atoms with Crippen molar-refractivity contribution < 1.29 is 4.79 Å². The van der Waals surface area contributed by atoms with E-state index in [1.165, 1.54) is 5.56 Å². The summed E-state index contributed by atoms with van der Waals surface area (Å²) in [5.74, 6) is 1.17. The number of carbonyl (C=O) groups excluding carboxylic acids is 1. The van der Waals surface area contributed by atoms with Crippen LogP contribution in [0.4, 0.5) is 5.82 Å². The van der Waals surface area contributed by atoms with Gasteiger partial charge in [-0.05, 0) is 31.5 Å². The molecular weight excluding hydrogens is 366 g/mol. The van der Waals surface area contributed by atoms with E-state index in [-0.39, 0.29) is 11.8 Å². The van der Waals surface area contributed by atoms with Gasteiger partial charge < -0.3 is 15.5 Å². The Bertz CT molecular complexity index is 1050. The van der Waals surface area contributed by atoms with Crippen molar-refractivity contribution in [1.29, 1.82) is 0 Å². The van der Waals surface area contributed by atoms with Crippen LogP contribution in [0, 0.1) is 12.8 Å². The number of hydrogen-bond acceptors (Lipinski definition) is 6. The van der Waals surface area contributed by atoms with Gasteiger partial charge in [0.05, 0.1) is 30.0 Å². The Kier molecular flexibility index (Phi) is 4.63. The first kappa shape index (κ1) is 18.1. The second-order valence-corrected chi connectivity index (χ2v) is 7.80. The molecule has 0 bridgehead atoms. The molecule has 0 spiro atoms. The first-order valence-corrected chi connectivity index (χ1v) is 10.2. The number of carbonyl (C=O) groups is 1. The van der Waals surface area contributed by atoms with Gasteiger partial charge in [-0.2, -0.15) is 9.61 Å². The van der Waals surface area contributed by atoms with Crippen molar-refractivity contribution in [2.75, 3.05) is 31.1 Å². The molecule has 0 saturated carbocycles. The second-order valence-electron chi connectivity index (χ2n) is 7.80. The lowest BCUT2D eigenvalue weighted by Crippen LogP contribution is -2.54. The van der Waals surface area contributed by atoms with Gasteiger partial charge in [-0.15, -0.1) is 0 Å². The number of anilines is 1. The molecule has 0 atom stereocenters. The summed E-state index contributed by atoms with van der Waals surface area (Å²) < 4.78 is 1.93. The molecule has 1 amide bonds. The molecule has 1 saturated heterocycles. The quantitative estimate of drug-likeness (QED) is 0.686. The molecule has 8 heteroatoms. The third kappa shape index (κ3) is 3.33. The van der Waals surface area contributed by atoms with E-state index in [1.807, 2.05) is 29.6 Å². The van der Waals surface area contributed by atoms with Gasteiger partial charge in [-0.25, -0.2) is 4.98 Å². The number of nitrogens with zero attached hydrogens (tertiary/aromatic N) is 5. The van der Waals surface area contributed by atoms with Crippen LogP contribution in [0.2, 0.25) is 0 Å². The summed E-state index contributed by atoms with van der Waals surface area (Å²) in [5, 5.41) is 11.0. The van der Waals surface area contributed by atoms with Crippen molar-refractivity contribution in [3.63, 3.8) is 0 Å². The molecule has 3 aromatic rings. The minimum atomic E-state index is -0.0163. The van der Waals surface area contributed by atoms with Gasteiger partial charge in [0, 0.05) is 43.9 Å². The smallest absolute Gasteiger partial charge is 0.227 e. The van der Waals surface area contributed by atoms with Crippen LogP contribution in [0.15, 0.2) is 30.6 Å². The Hall–Kier alpha value is -3.00. The van der Waals surface area contributed by atoms with Crippen LogP contribution < -0.4 is 15.5 Å². The molecule has 0 aliphatic carbocycles. The van der Waals surface area contributed by atoms with Crippen molar-refractivity contribution in [3.8, 4) is 0 Å². The number of fused-ring (bicyclic) bond motifs is 2. The highest BCUT2D eigenvalue weighted by molar-refractivity contribution is 5.82. The molecule has 2 aliphatic heterocycles. The molecule has 5 rings (SSSR count). The highest BCUT2D eigenvalue weighted by atomic mass is 16.2. The van der Waals surface area contributed by atoms with Crippen molar-refractivity contribution in [2.45, 2.75) is 26.3 Å². The number of hydrogen-bond donors (Lipinski definition) is 2. The van der Waals surface area contributed by atoms with Crippen LogP contribution in [0.25, 0.3) is 5.65 Å². The van der Waals surface area contributed by atoms with Crippen LogP contribution in [-0.4, -0.2) is 51.7 Å². The largest absolute Gasteiger partial charge is 0.354 e. The van der Waals surface area contributed by atoms with E-state index in [0.717, 1.165) is 54.3 Å². The fourth-order valence-electron chi connectivity index (χ4n) is 4.18. The summed E-state index contributed by atoms with van der Waals surface area (Å²) in [6.45, 7) is 5.77. The third-order valence-electron chi connectivity index (χ3n) is 5.88. The van der Waals surface area contributed by atoms with E-state index < -0.39 is 0 Å². The number of rotatable bonds is 4. The van der Waals surface area contributed by atoms with E-state index in [0.29, 0.717) is 19.6 Å². The van der Waals surface area contributed by atoms with Gasteiger partial charge in [-0.1, -0.05) is 6.07 Å². The van der Waals surface area contributed by atoms with Gasteiger partial charge in [0.1, 0.15) is 5.82 Å². The van der Waals surface area contributed by atoms with Gasteiger partial charge in [0.2, 0.25) is 5.91 Å². The first-order valence-electron chi connectivity index (χ1n) is 10.2. The summed E-state index contributed by atoms with van der Waals surface area (Å²) in [6, 6.07) is 5.87. The molecule has 2 aliphatic rings. The summed E-state index contributed by atoms with van der Waals surface area (Å²) in [7, 11) is 0. The molecular formula is C21H25N7O. The number of amides is 1. The van der Waals surface area contributed by atoms with Crippen LogP contribution >= 0.6 is 0 Å². The maximum absolute atomic E-state index is 12.6. The Morgan fingerprint density at radius 2 is 2.10 bits per heavy atom. The summed E-state index contributed by atoms with van der Waals surface area (Å²) in [4.78, 5) is 24.1. The van der Waals surface area contributed by atoms with Gasteiger partial charge in [0.15, 0.2) is 5.65 Å². The topological polar surface area (TPSA) is 87.5 Å². The zero-order valence-corrected chi connectivity index (χ0v) is 16.6. The van der Waals surface area contributed by atoms with Crippen molar-refractivity contribution >= 4 is 17.4 Å². The average molecular weight is 391 g/mol. The Balaban J connectivity index is 1.31. The van der Waals surface area contributed by atoms with E-state index >= 15 is 0 Å². The Labute approximate surface area is 169 Å². The third-order valence-corrected chi connectivity index (χ3v) is 5.88. The average Bonchev–Trinajstić information content (AvgIpc) is 3.02. The zero-order valence-electron chi connectivity index (χ0n) is 16.6. The Morgan fingerprint density at radius 3 is 2.97 bits per heavy atom. The molecule has 2 N–H and O–H groups in total. The standard InChI is InChI=1S/C21H25N7O/c1-14-3-2-7-23-18(14)11-24-20(29)15-12-27(13-15)21-16-4-8-22-9-5-17(16)26-19-6-10-25-28(19)21/h2-3,6-7,10,15,22H,4-5,8-9,11-13H2,1H3,(H,24,29). The van der Waals surface area contributed by atoms with E-state index in [4.69, 9.17) is 4.98 Å². The molecule has 0 unspecified atom stereocenters. The molecule has 8 nitrogen and oxygen atoms in total. The van der Waals surface area contributed by atoms with E-state index in [2.05, 4.69) is 25.6 Å². The lowest BCUT2D eigenvalue weighted by atomic mass is 9.97. The van der Waals surface area contributed by atoms with Gasteiger partial charge in [-0.3, -0.25) is 9.78 Å². The number of pyridine rings is 1. The monoisotopic (exact) mass is 391 g/mol. The molecule has 1 fully saturated rings. The second kappa shape index (κ2) is 7.44. The number of aryl methyl sites for hydroxylation is 1. The van der Waals surface area contributed by atoms with Gasteiger partial charge in [0.25, 0.3) is 0 Å². The highest BCUT2D eigenvalue weighted by Crippen LogP contribution is 2.31. The van der Waals surface area contributed by atoms with Crippen LogP contribution in [0.5, 0.6) is 0 Å². The predicted molar refractivity (Wildman–Crippen MR) is 110 cm³/mol. The normalized spacial score (nSPS) is 16.9. The molecule has 3 aromatic heterocycles. The fourth-order valence-corrected chi connectivity index (χ4v) is 4.18. The lowest BCUT2D eigenvalue weighted by molar-refractivity contribution is -0.125. The highest BCUT2D eigenvalue weighted by Gasteiger charge is 2.36. The van der Waals surface area contributed by atoms with Crippen LogP contribution in [0.1, 0.15) is 22.5 Å². The van der Waals surface area contributed by atoms with Crippen molar-refractivity contribution in [2.24, 2.45) is 5.92 Å². The SMILES string of the molecule is Cc1cccnc1CNC(=O)C1CN(c2c3c(nc4ccnn24)CCNCC3)C1. The molecule has 29 heavy (non-hydrogen) atoms. The summed E-state index contributed by atoms with van der Waals surface area (Å²) >= 11 is 0. The Morgan fingerprint density at radius 1 is 1.24 bits per heavy atom. The summed E-state index contributed by atoms with van der Waals surface area (Å²) in [5.41, 5.74) is 5.30. The number of nitrogens with one attached hydrogen (secondary N) is 2. The minimum absolute atomic E-state index is 0.0163. The van der Waals surface area contributed by atoms with E-state index in [9.17, 15) is 4.79 Å². The molecule has 150 valence electrons. The molecule has 5 heterocycles.